The Kier molecular flexibility index (Phi) is 5.84. The van der Waals surface area contributed by atoms with Crippen LogP contribution in [0.2, 0.25) is 0 Å². The first-order chi connectivity index (χ1) is 12.1. The fraction of sp³-hybridized carbons (Fsp3) is 0.556. The Labute approximate surface area is 152 Å². The highest BCUT2D eigenvalue weighted by Crippen LogP contribution is 2.21. The SMILES string of the molecule is CN(C(=O)c1ccc([N+](=O)[O-])cc1)C1CCN(C(=O)OC(C)(C)C)CC1. The van der Waals surface area contributed by atoms with E-state index in [1.807, 2.05) is 20.8 Å². The number of likely N-dealkylation sites (tertiary alicyclic amines) is 1. The molecule has 0 atom stereocenters. The van der Waals surface area contributed by atoms with E-state index in [-0.39, 0.29) is 23.7 Å². The number of rotatable bonds is 3. The monoisotopic (exact) mass is 363 g/mol. The largest absolute Gasteiger partial charge is 0.444 e. The van der Waals surface area contributed by atoms with Crippen molar-refractivity contribution in [2.45, 2.75) is 45.3 Å². The highest BCUT2D eigenvalue weighted by Gasteiger charge is 2.30. The lowest BCUT2D eigenvalue weighted by molar-refractivity contribution is -0.384. The third kappa shape index (κ3) is 4.93. The molecule has 0 aliphatic carbocycles. The van der Waals surface area contributed by atoms with Crippen LogP contribution < -0.4 is 0 Å². The molecule has 0 bridgehead atoms. The van der Waals surface area contributed by atoms with Crippen LogP contribution in [0.3, 0.4) is 0 Å². The standard InChI is InChI=1S/C18H25N3O5/c1-18(2,3)26-17(23)20-11-9-14(10-12-20)19(4)16(22)13-5-7-15(8-6-13)21(24)25/h5-8,14H,9-12H2,1-4H3. The van der Waals surface area contributed by atoms with Crippen LogP contribution in [-0.4, -0.2) is 58.5 Å². The Bertz CT molecular complexity index is 673. The van der Waals surface area contributed by atoms with Crippen LogP contribution in [0.1, 0.15) is 44.0 Å². The first-order valence-electron chi connectivity index (χ1n) is 8.58. The van der Waals surface area contributed by atoms with E-state index in [0.717, 1.165) is 0 Å². The average molecular weight is 363 g/mol. The van der Waals surface area contributed by atoms with Gasteiger partial charge in [0.15, 0.2) is 0 Å². The fourth-order valence-corrected chi connectivity index (χ4v) is 2.86. The van der Waals surface area contributed by atoms with Gasteiger partial charge in [-0.25, -0.2) is 4.79 Å². The Balaban J connectivity index is 1.93. The molecule has 8 nitrogen and oxygen atoms in total. The summed E-state index contributed by atoms with van der Waals surface area (Å²) in [5.41, 5.74) is -0.168. The molecule has 142 valence electrons. The molecule has 1 aromatic carbocycles. The van der Waals surface area contributed by atoms with Crippen molar-refractivity contribution < 1.29 is 19.2 Å². The third-order valence-electron chi connectivity index (χ3n) is 4.31. The second kappa shape index (κ2) is 7.72. The van der Waals surface area contributed by atoms with Gasteiger partial charge in [-0.3, -0.25) is 14.9 Å². The smallest absolute Gasteiger partial charge is 0.410 e. The summed E-state index contributed by atoms with van der Waals surface area (Å²) in [6, 6.07) is 5.59. The van der Waals surface area contributed by atoms with Crippen LogP contribution in [0.15, 0.2) is 24.3 Å². The van der Waals surface area contributed by atoms with E-state index < -0.39 is 10.5 Å². The highest BCUT2D eigenvalue weighted by atomic mass is 16.6. The number of amides is 2. The second-order valence-electron chi connectivity index (χ2n) is 7.42. The van der Waals surface area contributed by atoms with E-state index in [0.29, 0.717) is 31.5 Å². The van der Waals surface area contributed by atoms with Gasteiger partial charge in [-0.05, 0) is 45.7 Å². The van der Waals surface area contributed by atoms with Gasteiger partial charge in [0.1, 0.15) is 5.60 Å². The van der Waals surface area contributed by atoms with Gasteiger partial charge in [0, 0.05) is 43.9 Å². The van der Waals surface area contributed by atoms with Crippen molar-refractivity contribution in [1.82, 2.24) is 9.80 Å². The van der Waals surface area contributed by atoms with Gasteiger partial charge in [-0.2, -0.15) is 0 Å². The maximum atomic E-state index is 12.6. The van der Waals surface area contributed by atoms with Crippen LogP contribution >= 0.6 is 0 Å². The normalized spacial score (nSPS) is 15.5. The summed E-state index contributed by atoms with van der Waals surface area (Å²) in [6.45, 7) is 6.53. The van der Waals surface area contributed by atoms with Gasteiger partial charge in [-0.1, -0.05) is 0 Å². The predicted molar refractivity (Wildman–Crippen MR) is 96.0 cm³/mol. The Morgan fingerprint density at radius 1 is 1.19 bits per heavy atom. The number of piperidine rings is 1. The van der Waals surface area contributed by atoms with Crippen LogP contribution in [0, 0.1) is 10.1 Å². The minimum absolute atomic E-state index is 0.0105. The van der Waals surface area contributed by atoms with Crippen molar-refractivity contribution in [3.8, 4) is 0 Å². The maximum Gasteiger partial charge on any atom is 0.410 e. The lowest BCUT2D eigenvalue weighted by atomic mass is 10.0. The molecule has 1 aliphatic rings. The van der Waals surface area contributed by atoms with Crippen LogP contribution in [0.25, 0.3) is 0 Å². The van der Waals surface area contributed by atoms with Crippen LogP contribution in [-0.2, 0) is 4.74 Å². The minimum atomic E-state index is -0.531. The number of non-ortho nitro benzene ring substituents is 1. The molecule has 2 amide bonds. The fourth-order valence-electron chi connectivity index (χ4n) is 2.86. The first-order valence-corrected chi connectivity index (χ1v) is 8.58. The van der Waals surface area contributed by atoms with Gasteiger partial charge in [0.05, 0.1) is 4.92 Å². The second-order valence-corrected chi connectivity index (χ2v) is 7.42. The topological polar surface area (TPSA) is 93.0 Å². The summed E-state index contributed by atoms with van der Waals surface area (Å²) in [5.74, 6) is -0.185. The van der Waals surface area contributed by atoms with Crippen molar-refractivity contribution in [2.24, 2.45) is 0 Å². The lowest BCUT2D eigenvalue weighted by Gasteiger charge is -2.37. The zero-order valence-electron chi connectivity index (χ0n) is 15.6. The van der Waals surface area contributed by atoms with Crippen LogP contribution in [0.5, 0.6) is 0 Å². The molecule has 0 spiro atoms. The molecular formula is C18H25N3O5. The molecule has 0 aromatic heterocycles. The number of nitrogens with zero attached hydrogens (tertiary/aromatic N) is 3. The van der Waals surface area contributed by atoms with E-state index in [2.05, 4.69) is 0 Å². The van der Waals surface area contributed by atoms with Crippen molar-refractivity contribution in [3.63, 3.8) is 0 Å². The Hall–Kier alpha value is -2.64. The zero-order valence-corrected chi connectivity index (χ0v) is 15.6. The molecule has 0 radical (unpaired) electrons. The predicted octanol–water partition coefficient (Wildman–Crippen LogP) is 3.07. The molecule has 26 heavy (non-hydrogen) atoms. The number of nitro groups is 1. The molecule has 1 heterocycles. The molecule has 2 rings (SSSR count). The molecule has 1 aromatic rings. The molecule has 8 heteroatoms. The third-order valence-corrected chi connectivity index (χ3v) is 4.31. The summed E-state index contributed by atoms with van der Waals surface area (Å²) < 4.78 is 5.37. The quantitative estimate of drug-likeness (QED) is 0.608. The molecule has 1 fully saturated rings. The zero-order chi connectivity index (χ0) is 19.5. The average Bonchev–Trinajstić information content (AvgIpc) is 2.59. The molecule has 0 unspecified atom stereocenters. The molecule has 1 aliphatic heterocycles. The van der Waals surface area contributed by atoms with E-state index in [4.69, 9.17) is 4.74 Å². The highest BCUT2D eigenvalue weighted by molar-refractivity contribution is 5.94. The lowest BCUT2D eigenvalue weighted by Crippen LogP contribution is -2.48. The molecule has 0 N–H and O–H groups in total. The number of hydrogen-bond acceptors (Lipinski definition) is 5. The maximum absolute atomic E-state index is 12.6. The van der Waals surface area contributed by atoms with Gasteiger partial charge >= 0.3 is 6.09 Å². The Morgan fingerprint density at radius 2 is 1.73 bits per heavy atom. The number of carbonyl (C=O) groups excluding carboxylic acids is 2. The van der Waals surface area contributed by atoms with Crippen molar-refractivity contribution in [2.75, 3.05) is 20.1 Å². The van der Waals surface area contributed by atoms with Crippen molar-refractivity contribution in [3.05, 3.63) is 39.9 Å². The Morgan fingerprint density at radius 3 is 2.19 bits per heavy atom. The number of hydrogen-bond donors (Lipinski definition) is 0. The first kappa shape index (κ1) is 19.7. The summed E-state index contributed by atoms with van der Waals surface area (Å²) in [6.07, 6.45) is 0.989. The summed E-state index contributed by atoms with van der Waals surface area (Å²) in [5, 5.41) is 10.7. The summed E-state index contributed by atoms with van der Waals surface area (Å²) in [7, 11) is 1.72. The van der Waals surface area contributed by atoms with E-state index in [1.54, 1.807) is 16.8 Å². The van der Waals surface area contributed by atoms with E-state index in [1.165, 1.54) is 24.3 Å². The molecule has 1 saturated heterocycles. The number of carbonyl (C=O) groups is 2. The summed E-state index contributed by atoms with van der Waals surface area (Å²) >= 11 is 0. The van der Waals surface area contributed by atoms with Gasteiger partial charge in [0.2, 0.25) is 0 Å². The minimum Gasteiger partial charge on any atom is -0.444 e. The molecule has 0 saturated carbocycles. The van der Waals surface area contributed by atoms with Gasteiger partial charge in [-0.15, -0.1) is 0 Å². The van der Waals surface area contributed by atoms with Gasteiger partial charge in [0.25, 0.3) is 11.6 Å². The van der Waals surface area contributed by atoms with Crippen molar-refractivity contribution in [1.29, 1.82) is 0 Å². The van der Waals surface area contributed by atoms with Gasteiger partial charge < -0.3 is 14.5 Å². The molecular weight excluding hydrogens is 338 g/mol. The van der Waals surface area contributed by atoms with Crippen LogP contribution in [0.4, 0.5) is 10.5 Å². The van der Waals surface area contributed by atoms with E-state index >= 15 is 0 Å². The van der Waals surface area contributed by atoms with E-state index in [9.17, 15) is 19.7 Å². The summed E-state index contributed by atoms with van der Waals surface area (Å²) in [4.78, 5) is 38.2. The number of benzene rings is 1. The number of ether oxygens (including phenoxy) is 1. The number of nitro benzene ring substituents is 1. The van der Waals surface area contributed by atoms with Crippen molar-refractivity contribution >= 4 is 17.7 Å².